The third-order valence-corrected chi connectivity index (χ3v) is 7.03. The van der Waals surface area contributed by atoms with Crippen LogP contribution in [0.4, 0.5) is 5.82 Å². The second-order valence-corrected chi connectivity index (χ2v) is 9.59. The predicted molar refractivity (Wildman–Crippen MR) is 115 cm³/mol. The minimum Gasteiger partial charge on any atom is -0.487 e. The Morgan fingerprint density at radius 2 is 1.93 bits per heavy atom. The fourth-order valence-corrected chi connectivity index (χ4v) is 4.67. The number of sulfonamides is 1. The summed E-state index contributed by atoms with van der Waals surface area (Å²) in [5.74, 6) is 0.894. The van der Waals surface area contributed by atoms with Gasteiger partial charge in [-0.25, -0.2) is 8.42 Å². The first-order valence-electron chi connectivity index (χ1n) is 9.80. The molecule has 7 nitrogen and oxygen atoms in total. The lowest BCUT2D eigenvalue weighted by molar-refractivity contribution is 0.309. The van der Waals surface area contributed by atoms with Crippen molar-refractivity contribution < 1.29 is 13.2 Å². The molecule has 0 spiro atoms. The van der Waals surface area contributed by atoms with Crippen LogP contribution in [0.1, 0.15) is 31.0 Å². The quantitative estimate of drug-likeness (QED) is 0.413. The minimum atomic E-state index is -3.81. The van der Waals surface area contributed by atoms with Crippen LogP contribution in [0.15, 0.2) is 65.7 Å². The Bertz CT molecular complexity index is 1300. The summed E-state index contributed by atoms with van der Waals surface area (Å²) in [4.78, 5) is 3.21. The molecule has 0 atom stereocenters. The van der Waals surface area contributed by atoms with Gasteiger partial charge in [0.15, 0.2) is 5.82 Å². The molecule has 2 aromatic heterocycles. The van der Waals surface area contributed by atoms with Crippen molar-refractivity contribution in [3.8, 4) is 5.75 Å². The number of nitrogens with one attached hydrogen (secondary N) is 3. The molecule has 0 amide bonds. The van der Waals surface area contributed by atoms with Crippen LogP contribution >= 0.6 is 0 Å². The molecule has 30 heavy (non-hydrogen) atoms. The molecule has 1 aliphatic rings. The first-order valence-corrected chi connectivity index (χ1v) is 11.3. The SMILES string of the molecule is CC1(c2cc(NS(=O)(=O)c3c[nH]c4c(OCc5ccccc5)cccc34)n[nH]2)CC1. The van der Waals surface area contributed by atoms with E-state index in [0.717, 1.165) is 24.1 Å². The van der Waals surface area contributed by atoms with E-state index in [9.17, 15) is 8.42 Å². The number of aromatic amines is 2. The van der Waals surface area contributed by atoms with Gasteiger partial charge in [0.2, 0.25) is 0 Å². The van der Waals surface area contributed by atoms with Crippen LogP contribution in [0.5, 0.6) is 5.75 Å². The van der Waals surface area contributed by atoms with Gasteiger partial charge in [-0.15, -0.1) is 0 Å². The van der Waals surface area contributed by atoms with Gasteiger partial charge in [-0.1, -0.05) is 49.4 Å². The third-order valence-electron chi connectivity index (χ3n) is 5.63. The van der Waals surface area contributed by atoms with E-state index in [0.29, 0.717) is 29.1 Å². The van der Waals surface area contributed by atoms with Crippen LogP contribution < -0.4 is 9.46 Å². The summed E-state index contributed by atoms with van der Waals surface area (Å²) in [6, 6.07) is 17.0. The van der Waals surface area contributed by atoms with Crippen molar-refractivity contribution in [1.29, 1.82) is 0 Å². The van der Waals surface area contributed by atoms with Gasteiger partial charge in [-0.3, -0.25) is 9.82 Å². The summed E-state index contributed by atoms with van der Waals surface area (Å²) in [7, 11) is -3.81. The lowest BCUT2D eigenvalue weighted by Gasteiger charge is -2.08. The zero-order valence-corrected chi connectivity index (χ0v) is 17.3. The summed E-state index contributed by atoms with van der Waals surface area (Å²) < 4.78 is 34.5. The van der Waals surface area contributed by atoms with Crippen molar-refractivity contribution in [1.82, 2.24) is 15.2 Å². The molecule has 0 unspecified atom stereocenters. The zero-order valence-electron chi connectivity index (χ0n) is 16.5. The molecule has 1 saturated carbocycles. The summed E-state index contributed by atoms with van der Waals surface area (Å²) >= 11 is 0. The molecule has 4 aromatic rings. The molecule has 3 N–H and O–H groups in total. The molecule has 0 aliphatic heterocycles. The average molecular weight is 423 g/mol. The van der Waals surface area contributed by atoms with Crippen molar-refractivity contribution in [2.45, 2.75) is 36.7 Å². The molecule has 0 radical (unpaired) electrons. The van der Waals surface area contributed by atoms with E-state index < -0.39 is 10.0 Å². The third kappa shape index (κ3) is 3.43. The average Bonchev–Trinajstić information content (AvgIpc) is 3.14. The Labute approximate surface area is 174 Å². The summed E-state index contributed by atoms with van der Waals surface area (Å²) in [5.41, 5.74) is 2.72. The van der Waals surface area contributed by atoms with E-state index in [-0.39, 0.29) is 10.3 Å². The minimum absolute atomic E-state index is 0.0858. The first kappa shape index (κ1) is 18.7. The van der Waals surface area contributed by atoms with Gasteiger partial charge >= 0.3 is 0 Å². The molecule has 1 aliphatic carbocycles. The number of hydrogen-bond acceptors (Lipinski definition) is 4. The number of benzene rings is 2. The molecule has 2 aromatic carbocycles. The highest BCUT2D eigenvalue weighted by atomic mass is 32.2. The highest BCUT2D eigenvalue weighted by Crippen LogP contribution is 2.47. The molecule has 0 saturated heterocycles. The first-order chi connectivity index (χ1) is 14.4. The lowest BCUT2D eigenvalue weighted by Crippen LogP contribution is -2.12. The Morgan fingerprint density at radius 3 is 2.70 bits per heavy atom. The number of nitrogens with zero attached hydrogens (tertiary/aromatic N) is 1. The molecular formula is C22H22N4O3S. The van der Waals surface area contributed by atoms with Gasteiger partial charge in [0.05, 0.1) is 5.52 Å². The lowest BCUT2D eigenvalue weighted by atomic mass is 10.1. The number of H-pyrrole nitrogens is 2. The van der Waals surface area contributed by atoms with Crippen LogP contribution in [-0.2, 0) is 22.0 Å². The maximum atomic E-state index is 13.0. The topological polar surface area (TPSA) is 99.9 Å². The Kier molecular flexibility index (Phi) is 4.32. The van der Waals surface area contributed by atoms with Crippen LogP contribution in [0.25, 0.3) is 10.9 Å². The number of para-hydroxylation sites is 1. The van der Waals surface area contributed by atoms with Gasteiger partial charge in [0.25, 0.3) is 10.0 Å². The number of rotatable bonds is 7. The maximum Gasteiger partial charge on any atom is 0.265 e. The van der Waals surface area contributed by atoms with E-state index in [4.69, 9.17) is 4.74 Å². The smallest absolute Gasteiger partial charge is 0.265 e. The number of ether oxygens (including phenoxy) is 1. The van der Waals surface area contributed by atoms with Crippen molar-refractivity contribution in [2.24, 2.45) is 0 Å². The van der Waals surface area contributed by atoms with E-state index in [1.54, 1.807) is 18.2 Å². The molecule has 5 rings (SSSR count). The van der Waals surface area contributed by atoms with Crippen LogP contribution in [0.2, 0.25) is 0 Å². The van der Waals surface area contributed by atoms with Crippen molar-refractivity contribution in [2.75, 3.05) is 4.72 Å². The van der Waals surface area contributed by atoms with E-state index in [1.165, 1.54) is 6.20 Å². The largest absolute Gasteiger partial charge is 0.487 e. The Morgan fingerprint density at radius 1 is 1.13 bits per heavy atom. The molecule has 154 valence electrons. The van der Waals surface area contributed by atoms with E-state index in [2.05, 4.69) is 26.8 Å². The molecule has 0 bridgehead atoms. The number of anilines is 1. The second-order valence-electron chi connectivity index (χ2n) is 7.94. The summed E-state index contributed by atoms with van der Waals surface area (Å²) in [6.07, 6.45) is 3.64. The van der Waals surface area contributed by atoms with Gasteiger partial charge < -0.3 is 9.72 Å². The number of hydrogen-bond donors (Lipinski definition) is 3. The van der Waals surface area contributed by atoms with Crippen LogP contribution in [-0.4, -0.2) is 23.6 Å². The van der Waals surface area contributed by atoms with E-state index in [1.807, 2.05) is 36.4 Å². The highest BCUT2D eigenvalue weighted by molar-refractivity contribution is 7.93. The van der Waals surface area contributed by atoms with Gasteiger partial charge in [-0.05, 0) is 24.5 Å². The predicted octanol–water partition coefficient (Wildman–Crippen LogP) is 4.32. The summed E-state index contributed by atoms with van der Waals surface area (Å²) in [6.45, 7) is 2.53. The molecule has 8 heteroatoms. The van der Waals surface area contributed by atoms with Crippen molar-refractivity contribution in [3.63, 3.8) is 0 Å². The van der Waals surface area contributed by atoms with Gasteiger partial charge in [0, 0.05) is 28.8 Å². The Hall–Kier alpha value is -3.26. The summed E-state index contributed by atoms with van der Waals surface area (Å²) in [5, 5.41) is 7.65. The van der Waals surface area contributed by atoms with Crippen molar-refractivity contribution >= 4 is 26.7 Å². The zero-order chi connectivity index (χ0) is 20.8. The highest BCUT2D eigenvalue weighted by Gasteiger charge is 2.41. The van der Waals surface area contributed by atoms with Gasteiger partial charge in [-0.2, -0.15) is 5.10 Å². The molecule has 2 heterocycles. The van der Waals surface area contributed by atoms with Gasteiger partial charge in [0.1, 0.15) is 17.3 Å². The molecular weight excluding hydrogens is 400 g/mol. The standard InChI is InChI=1S/C22H22N4O3S/c1-22(10-11-22)19-12-20(25-24-19)26-30(27,28)18-13-23-21-16(18)8-5-9-17(21)29-14-15-6-3-2-4-7-15/h2-9,12-13,23H,10-11,14H2,1H3,(H2,24,25,26). The fourth-order valence-electron chi connectivity index (χ4n) is 3.51. The number of fused-ring (bicyclic) bond motifs is 1. The van der Waals surface area contributed by atoms with Crippen LogP contribution in [0.3, 0.4) is 0 Å². The second kappa shape index (κ2) is 6.91. The normalized spacial score (nSPS) is 15.2. The number of aromatic nitrogens is 3. The molecule has 1 fully saturated rings. The van der Waals surface area contributed by atoms with Crippen molar-refractivity contribution in [3.05, 3.63) is 72.1 Å². The fraction of sp³-hybridized carbons (Fsp3) is 0.227. The Balaban J connectivity index is 1.40. The van der Waals surface area contributed by atoms with Crippen LogP contribution in [0, 0.1) is 0 Å². The monoisotopic (exact) mass is 422 g/mol. The van der Waals surface area contributed by atoms with E-state index >= 15 is 0 Å². The maximum absolute atomic E-state index is 13.0.